The summed E-state index contributed by atoms with van der Waals surface area (Å²) in [6.07, 6.45) is 54.0. The molecule has 0 aromatic heterocycles. The number of phosphoric acid groups is 2. The van der Waals surface area contributed by atoms with Crippen molar-refractivity contribution >= 4 is 39.5 Å². The second-order valence-corrected chi connectivity index (χ2v) is 32.1. The number of hydrogen-bond donors (Lipinski definition) is 3. The highest BCUT2D eigenvalue weighted by Crippen LogP contribution is 2.45. The maximum absolute atomic E-state index is 13.1. The van der Waals surface area contributed by atoms with Crippen LogP contribution in [0, 0.1) is 17.8 Å². The van der Waals surface area contributed by atoms with Gasteiger partial charge in [-0.15, -0.1) is 0 Å². The molecule has 0 bridgehead atoms. The molecule has 0 aliphatic heterocycles. The van der Waals surface area contributed by atoms with E-state index >= 15 is 0 Å². The summed E-state index contributed by atoms with van der Waals surface area (Å²) in [5.74, 6) is 0.163. The number of ether oxygens (including phenoxy) is 4. The Kier molecular flexibility index (Phi) is 66.2. The molecule has 96 heavy (non-hydrogen) atoms. The van der Waals surface area contributed by atoms with Gasteiger partial charge in [0.1, 0.15) is 19.3 Å². The molecule has 0 rings (SSSR count). The van der Waals surface area contributed by atoms with Crippen LogP contribution in [0.2, 0.25) is 0 Å². The Labute approximate surface area is 588 Å². The smallest absolute Gasteiger partial charge is 0.462 e. The van der Waals surface area contributed by atoms with Gasteiger partial charge in [0.25, 0.3) is 0 Å². The van der Waals surface area contributed by atoms with E-state index in [1.54, 1.807) is 0 Å². The van der Waals surface area contributed by atoms with Crippen LogP contribution in [-0.2, 0) is 65.4 Å². The van der Waals surface area contributed by atoms with Gasteiger partial charge in [-0.25, -0.2) is 9.13 Å². The molecule has 3 N–H and O–H groups in total. The number of esters is 4. The molecular weight excluding hydrogens is 1260 g/mol. The highest BCUT2D eigenvalue weighted by Gasteiger charge is 2.30. The third-order valence-electron chi connectivity index (χ3n) is 17.9. The predicted octanol–water partition coefficient (Wildman–Crippen LogP) is 22.6. The minimum absolute atomic E-state index is 0.106. The molecule has 0 saturated heterocycles. The number of carbonyl (C=O) groups excluding carboxylic acids is 4. The number of aliphatic hydroxyl groups is 1. The lowest BCUT2D eigenvalue weighted by Crippen LogP contribution is -2.30. The van der Waals surface area contributed by atoms with Gasteiger partial charge in [-0.2, -0.15) is 0 Å². The molecule has 0 aromatic carbocycles. The molecule has 0 radical (unpaired) electrons. The summed E-state index contributed by atoms with van der Waals surface area (Å²) in [5, 5.41) is 10.6. The summed E-state index contributed by atoms with van der Waals surface area (Å²) in [6.45, 7) is 11.9. The van der Waals surface area contributed by atoms with Crippen molar-refractivity contribution in [2.24, 2.45) is 17.8 Å². The van der Waals surface area contributed by atoms with Gasteiger partial charge in [0.2, 0.25) is 0 Å². The maximum Gasteiger partial charge on any atom is 0.472 e. The molecule has 19 heteroatoms. The van der Waals surface area contributed by atoms with E-state index in [9.17, 15) is 43.2 Å². The SMILES string of the molecule is CCCCCCCCCCCCCCCCCC(=O)OC[C@H](COP(=O)(O)OC[C@@H](O)COP(=O)(O)OC[C@@H](COC(=O)CCCCCCCCCCC(C)C)OC(=O)CCCCCCCCCCCCCC(C)C)OC(=O)CCCCCCCCCCCCCCCC(C)C. The zero-order valence-corrected chi connectivity index (χ0v) is 64.6. The van der Waals surface area contributed by atoms with E-state index in [-0.39, 0.29) is 25.7 Å². The molecule has 2 unspecified atom stereocenters. The van der Waals surface area contributed by atoms with E-state index in [0.717, 1.165) is 108 Å². The van der Waals surface area contributed by atoms with Gasteiger partial charge in [-0.05, 0) is 43.4 Å². The Hall–Kier alpha value is -1.94. The van der Waals surface area contributed by atoms with Crippen LogP contribution in [0.3, 0.4) is 0 Å². The number of unbranched alkanes of at least 4 members (excludes halogenated alkanes) is 43. The van der Waals surface area contributed by atoms with Gasteiger partial charge < -0.3 is 33.8 Å². The zero-order chi connectivity index (χ0) is 70.9. The molecule has 0 spiro atoms. The monoisotopic (exact) mass is 1410 g/mol. The van der Waals surface area contributed by atoms with Gasteiger partial charge >= 0.3 is 39.5 Å². The first-order chi connectivity index (χ1) is 46.2. The van der Waals surface area contributed by atoms with Gasteiger partial charge in [0, 0.05) is 25.7 Å². The van der Waals surface area contributed by atoms with Crippen molar-refractivity contribution in [3.05, 3.63) is 0 Å². The minimum atomic E-state index is -4.96. The van der Waals surface area contributed by atoms with Crippen LogP contribution in [0.5, 0.6) is 0 Å². The third kappa shape index (κ3) is 70.5. The molecule has 5 atom stereocenters. The maximum atomic E-state index is 13.1. The molecule has 0 aliphatic carbocycles. The standard InChI is InChI=1S/C77H150O17P2/c1-8-9-10-11-12-13-14-15-16-19-24-29-37-44-51-58-74(79)87-64-72(93-76(81)60-53-46-39-30-25-20-17-18-22-27-34-41-48-55-68(2)3)66-91-95(83,84)89-62-71(78)63-90-96(85,86)92-67-73(65-88-75(80)59-52-45-38-33-32-36-43-50-57-70(6)7)94-77(82)61-54-47-40-31-26-21-23-28-35-42-49-56-69(4)5/h68-73,78H,8-67H2,1-7H3,(H,83,84)(H,85,86)/t71-,72-,73-/m1/s1. The third-order valence-corrected chi connectivity index (χ3v) is 19.8. The van der Waals surface area contributed by atoms with Crippen LogP contribution in [0.15, 0.2) is 0 Å². The molecule has 0 fully saturated rings. The Balaban J connectivity index is 5.26. The fourth-order valence-corrected chi connectivity index (χ4v) is 13.4. The lowest BCUT2D eigenvalue weighted by molar-refractivity contribution is -0.161. The van der Waals surface area contributed by atoms with Gasteiger partial charge in [0.05, 0.1) is 26.4 Å². The Bertz CT molecular complexity index is 1870. The lowest BCUT2D eigenvalue weighted by Gasteiger charge is -2.21. The molecule has 0 aromatic rings. The largest absolute Gasteiger partial charge is 0.472 e. The van der Waals surface area contributed by atoms with E-state index in [1.165, 1.54) is 205 Å². The molecule has 570 valence electrons. The topological polar surface area (TPSA) is 237 Å². The number of phosphoric ester groups is 2. The molecule has 0 amide bonds. The van der Waals surface area contributed by atoms with Crippen molar-refractivity contribution < 1.29 is 80.2 Å². The highest BCUT2D eigenvalue weighted by atomic mass is 31.2. The summed E-state index contributed by atoms with van der Waals surface area (Å²) >= 11 is 0. The predicted molar refractivity (Wildman–Crippen MR) is 391 cm³/mol. The minimum Gasteiger partial charge on any atom is -0.462 e. The van der Waals surface area contributed by atoms with E-state index < -0.39 is 97.5 Å². The van der Waals surface area contributed by atoms with Crippen LogP contribution >= 0.6 is 15.6 Å². The summed E-state index contributed by atoms with van der Waals surface area (Å²) in [6, 6.07) is 0. The van der Waals surface area contributed by atoms with Crippen molar-refractivity contribution in [2.45, 2.75) is 414 Å². The quantitative estimate of drug-likeness (QED) is 0.0222. The van der Waals surface area contributed by atoms with E-state index in [0.29, 0.717) is 25.7 Å². The summed E-state index contributed by atoms with van der Waals surface area (Å²) < 4.78 is 68.6. The van der Waals surface area contributed by atoms with Gasteiger partial charge in [-0.3, -0.25) is 37.3 Å². The van der Waals surface area contributed by atoms with Gasteiger partial charge in [-0.1, -0.05) is 344 Å². The van der Waals surface area contributed by atoms with Crippen LogP contribution in [0.1, 0.15) is 395 Å². The number of rotatable bonds is 75. The van der Waals surface area contributed by atoms with Crippen LogP contribution in [0.4, 0.5) is 0 Å². The van der Waals surface area contributed by atoms with Gasteiger partial charge in [0.15, 0.2) is 12.2 Å². The fourth-order valence-electron chi connectivity index (χ4n) is 11.8. The van der Waals surface area contributed by atoms with Crippen molar-refractivity contribution in [3.63, 3.8) is 0 Å². The Morgan fingerprint density at radius 1 is 0.281 bits per heavy atom. The molecule has 0 saturated carbocycles. The normalized spacial score (nSPS) is 14.1. The number of carbonyl (C=O) groups is 4. The zero-order valence-electron chi connectivity index (χ0n) is 62.8. The first kappa shape index (κ1) is 94.1. The van der Waals surface area contributed by atoms with Crippen LogP contribution in [-0.4, -0.2) is 96.7 Å². The second kappa shape index (κ2) is 67.5. The highest BCUT2D eigenvalue weighted by molar-refractivity contribution is 7.47. The van der Waals surface area contributed by atoms with Crippen molar-refractivity contribution in [1.82, 2.24) is 0 Å². The first-order valence-electron chi connectivity index (χ1n) is 39.8. The van der Waals surface area contributed by atoms with Crippen molar-refractivity contribution in [2.75, 3.05) is 39.6 Å². The van der Waals surface area contributed by atoms with Crippen LogP contribution < -0.4 is 0 Å². The fraction of sp³-hybridized carbons (Fsp3) is 0.948. The molecule has 0 heterocycles. The Morgan fingerprint density at radius 2 is 0.479 bits per heavy atom. The number of aliphatic hydroxyl groups excluding tert-OH is 1. The van der Waals surface area contributed by atoms with E-state index in [2.05, 4.69) is 48.5 Å². The van der Waals surface area contributed by atoms with E-state index in [4.69, 9.17) is 37.0 Å². The number of hydrogen-bond acceptors (Lipinski definition) is 15. The molecular formula is C77H150O17P2. The Morgan fingerprint density at radius 3 is 0.708 bits per heavy atom. The molecule has 0 aliphatic rings. The average Bonchev–Trinajstić information content (AvgIpc) is 1.60. The van der Waals surface area contributed by atoms with E-state index in [1.807, 2.05) is 0 Å². The molecule has 17 nitrogen and oxygen atoms in total. The van der Waals surface area contributed by atoms with Crippen molar-refractivity contribution in [3.8, 4) is 0 Å². The lowest BCUT2D eigenvalue weighted by atomic mass is 10.0. The summed E-state index contributed by atoms with van der Waals surface area (Å²) in [5.41, 5.74) is 0. The second-order valence-electron chi connectivity index (χ2n) is 29.2. The summed E-state index contributed by atoms with van der Waals surface area (Å²) in [4.78, 5) is 72.9. The summed E-state index contributed by atoms with van der Waals surface area (Å²) in [7, 11) is -9.91. The first-order valence-corrected chi connectivity index (χ1v) is 42.8. The average molecular weight is 1410 g/mol. The van der Waals surface area contributed by atoms with Crippen molar-refractivity contribution in [1.29, 1.82) is 0 Å². The van der Waals surface area contributed by atoms with Crippen LogP contribution in [0.25, 0.3) is 0 Å².